The van der Waals surface area contributed by atoms with E-state index in [1.54, 1.807) is 0 Å². The molecule has 1 atom stereocenters. The van der Waals surface area contributed by atoms with Crippen LogP contribution in [0.2, 0.25) is 5.02 Å². The number of hydrogen-bond donors (Lipinski definition) is 1. The summed E-state index contributed by atoms with van der Waals surface area (Å²) in [7, 11) is 2.20. The van der Waals surface area contributed by atoms with E-state index in [0.29, 0.717) is 13.0 Å². The Bertz CT molecular complexity index is 736. The van der Waals surface area contributed by atoms with Gasteiger partial charge in [0, 0.05) is 55.3 Å². The molecule has 5 nitrogen and oxygen atoms in total. The second kappa shape index (κ2) is 7.22. The van der Waals surface area contributed by atoms with Crippen molar-refractivity contribution in [1.29, 1.82) is 0 Å². The molecule has 1 amide bonds. The molecule has 0 aliphatic carbocycles. The summed E-state index contributed by atoms with van der Waals surface area (Å²) < 4.78 is 5.91. The molecule has 1 spiro atoms. The van der Waals surface area contributed by atoms with Crippen molar-refractivity contribution in [1.82, 2.24) is 15.1 Å². The third kappa shape index (κ3) is 3.61. The number of amides is 1. The molecule has 3 heterocycles. The van der Waals surface area contributed by atoms with Crippen LogP contribution in [0.3, 0.4) is 0 Å². The van der Waals surface area contributed by atoms with Gasteiger partial charge in [0.2, 0.25) is 5.91 Å². The van der Waals surface area contributed by atoms with Crippen LogP contribution in [0.4, 0.5) is 0 Å². The molecular weight excluding hydrogens is 350 g/mol. The van der Waals surface area contributed by atoms with Crippen molar-refractivity contribution < 1.29 is 9.53 Å². The highest BCUT2D eigenvalue weighted by atomic mass is 35.5. The van der Waals surface area contributed by atoms with Crippen LogP contribution in [0.15, 0.2) is 23.8 Å². The van der Waals surface area contributed by atoms with Crippen molar-refractivity contribution in [3.63, 3.8) is 0 Å². The Balaban J connectivity index is 1.48. The highest BCUT2D eigenvalue weighted by Crippen LogP contribution is 2.32. The number of ether oxygens (including phenoxy) is 1. The average molecular weight is 376 g/mol. The predicted octanol–water partition coefficient (Wildman–Crippen LogP) is 2.40. The largest absolute Gasteiger partial charge is 0.489 e. The number of carbonyl (C=O) groups excluding carboxylic acids is 1. The maximum absolute atomic E-state index is 11.8. The number of nitrogens with zero attached hydrogens (tertiary/aromatic N) is 2. The Labute approximate surface area is 159 Å². The minimum absolute atomic E-state index is 0.0920. The number of piperazine rings is 1. The SMILES string of the molecule is CN1CCN(CC2=Cc3cc(Cl)ccc3OC2)C[C@@]12CCNC(=O)CC2. The Hall–Kier alpha value is -1.56. The van der Waals surface area contributed by atoms with Gasteiger partial charge in [0.25, 0.3) is 0 Å². The quantitative estimate of drug-likeness (QED) is 0.862. The topological polar surface area (TPSA) is 44.8 Å². The summed E-state index contributed by atoms with van der Waals surface area (Å²) in [6.45, 7) is 5.38. The molecule has 0 bridgehead atoms. The van der Waals surface area contributed by atoms with E-state index in [1.807, 2.05) is 18.2 Å². The first-order valence-corrected chi connectivity index (χ1v) is 9.74. The van der Waals surface area contributed by atoms with E-state index in [-0.39, 0.29) is 11.4 Å². The molecule has 0 unspecified atom stereocenters. The highest BCUT2D eigenvalue weighted by Gasteiger charge is 2.40. The Morgan fingerprint density at radius 3 is 3.08 bits per heavy atom. The summed E-state index contributed by atoms with van der Waals surface area (Å²) in [4.78, 5) is 16.8. The third-order valence-corrected chi connectivity index (χ3v) is 6.22. The number of likely N-dealkylation sites (N-methyl/N-ethyl adjacent to an activating group) is 1. The second-order valence-corrected chi connectivity index (χ2v) is 8.17. The Morgan fingerprint density at radius 1 is 1.31 bits per heavy atom. The van der Waals surface area contributed by atoms with Crippen molar-refractivity contribution in [2.75, 3.05) is 46.4 Å². The van der Waals surface area contributed by atoms with Gasteiger partial charge in [0.15, 0.2) is 0 Å². The van der Waals surface area contributed by atoms with Crippen LogP contribution >= 0.6 is 11.6 Å². The lowest BCUT2D eigenvalue weighted by molar-refractivity contribution is -0.121. The fourth-order valence-corrected chi connectivity index (χ4v) is 4.57. The van der Waals surface area contributed by atoms with Crippen molar-refractivity contribution >= 4 is 23.6 Å². The highest BCUT2D eigenvalue weighted by molar-refractivity contribution is 6.30. The summed E-state index contributed by atoms with van der Waals surface area (Å²) in [6.07, 6.45) is 4.78. The van der Waals surface area contributed by atoms with Gasteiger partial charge in [-0.2, -0.15) is 0 Å². The summed E-state index contributed by atoms with van der Waals surface area (Å²) in [5.41, 5.74) is 2.43. The molecule has 6 heteroatoms. The standard InChI is InChI=1S/C20H26ClN3O2/c1-23-8-9-24(14-20(23)5-4-19(25)22-7-6-20)12-15-10-16-11-17(21)2-3-18(16)26-13-15/h2-3,10-11H,4-9,12-14H2,1H3,(H,22,25)/t20-/m1/s1. The molecule has 1 aromatic rings. The molecular formula is C20H26ClN3O2. The van der Waals surface area contributed by atoms with Crippen LogP contribution in [-0.4, -0.2) is 67.6 Å². The lowest BCUT2D eigenvalue weighted by atomic mass is 9.86. The van der Waals surface area contributed by atoms with E-state index in [1.165, 1.54) is 5.57 Å². The van der Waals surface area contributed by atoms with Crippen LogP contribution in [0.5, 0.6) is 5.75 Å². The molecule has 2 saturated heterocycles. The number of carbonyl (C=O) groups is 1. The molecule has 0 saturated carbocycles. The first-order chi connectivity index (χ1) is 12.5. The molecule has 1 N–H and O–H groups in total. The monoisotopic (exact) mass is 375 g/mol. The zero-order chi connectivity index (χ0) is 18.1. The van der Waals surface area contributed by atoms with Crippen molar-refractivity contribution in [3.8, 4) is 5.75 Å². The number of rotatable bonds is 2. The van der Waals surface area contributed by atoms with Gasteiger partial charge in [-0.25, -0.2) is 0 Å². The molecule has 3 aliphatic rings. The van der Waals surface area contributed by atoms with Crippen LogP contribution in [-0.2, 0) is 4.79 Å². The maximum atomic E-state index is 11.8. The molecule has 2 fully saturated rings. The van der Waals surface area contributed by atoms with Gasteiger partial charge in [0.05, 0.1) is 0 Å². The van der Waals surface area contributed by atoms with Crippen molar-refractivity contribution in [2.45, 2.75) is 24.8 Å². The first kappa shape index (κ1) is 17.8. The molecule has 4 rings (SSSR count). The maximum Gasteiger partial charge on any atom is 0.220 e. The zero-order valence-corrected chi connectivity index (χ0v) is 16.0. The lowest BCUT2D eigenvalue weighted by Gasteiger charge is -2.49. The number of nitrogens with one attached hydrogen (secondary N) is 1. The zero-order valence-electron chi connectivity index (χ0n) is 15.3. The number of benzene rings is 1. The van der Waals surface area contributed by atoms with Gasteiger partial charge < -0.3 is 10.1 Å². The van der Waals surface area contributed by atoms with Gasteiger partial charge in [-0.1, -0.05) is 11.6 Å². The predicted molar refractivity (Wildman–Crippen MR) is 104 cm³/mol. The fraction of sp³-hybridized carbons (Fsp3) is 0.550. The van der Waals surface area contributed by atoms with Crippen molar-refractivity contribution in [2.24, 2.45) is 0 Å². The normalized spacial score (nSPS) is 27.3. The van der Waals surface area contributed by atoms with Gasteiger partial charge in [-0.05, 0) is 49.7 Å². The Kier molecular flexibility index (Phi) is 4.95. The van der Waals surface area contributed by atoms with Gasteiger partial charge in [0.1, 0.15) is 12.4 Å². The second-order valence-electron chi connectivity index (χ2n) is 7.73. The molecule has 1 aromatic carbocycles. The van der Waals surface area contributed by atoms with Gasteiger partial charge >= 0.3 is 0 Å². The van der Waals surface area contributed by atoms with Crippen molar-refractivity contribution in [3.05, 3.63) is 34.4 Å². The average Bonchev–Trinajstić information content (AvgIpc) is 2.80. The van der Waals surface area contributed by atoms with E-state index >= 15 is 0 Å². The van der Waals surface area contributed by atoms with Crippen LogP contribution in [0.1, 0.15) is 24.8 Å². The summed E-state index contributed by atoms with van der Waals surface area (Å²) >= 11 is 6.12. The summed E-state index contributed by atoms with van der Waals surface area (Å²) in [5, 5.41) is 3.76. The summed E-state index contributed by atoms with van der Waals surface area (Å²) in [6, 6.07) is 5.76. The summed E-state index contributed by atoms with van der Waals surface area (Å²) in [5.74, 6) is 1.09. The van der Waals surface area contributed by atoms with Crippen LogP contribution < -0.4 is 10.1 Å². The fourth-order valence-electron chi connectivity index (χ4n) is 4.39. The molecule has 140 valence electrons. The molecule has 26 heavy (non-hydrogen) atoms. The molecule has 3 aliphatic heterocycles. The number of fused-ring (bicyclic) bond motifs is 1. The van der Waals surface area contributed by atoms with E-state index in [9.17, 15) is 4.79 Å². The van der Waals surface area contributed by atoms with E-state index in [2.05, 4.69) is 28.2 Å². The van der Waals surface area contributed by atoms with Crippen LogP contribution in [0.25, 0.3) is 6.08 Å². The van der Waals surface area contributed by atoms with Crippen LogP contribution in [0, 0.1) is 0 Å². The minimum atomic E-state index is 0.0920. The number of halogens is 1. The van der Waals surface area contributed by atoms with E-state index < -0.39 is 0 Å². The number of hydrogen-bond acceptors (Lipinski definition) is 4. The first-order valence-electron chi connectivity index (χ1n) is 9.36. The van der Waals surface area contributed by atoms with E-state index in [0.717, 1.165) is 61.9 Å². The molecule has 0 radical (unpaired) electrons. The smallest absolute Gasteiger partial charge is 0.220 e. The minimum Gasteiger partial charge on any atom is -0.489 e. The third-order valence-electron chi connectivity index (χ3n) is 5.98. The van der Waals surface area contributed by atoms with E-state index in [4.69, 9.17) is 16.3 Å². The van der Waals surface area contributed by atoms with Gasteiger partial charge in [-0.15, -0.1) is 0 Å². The lowest BCUT2D eigenvalue weighted by Crippen LogP contribution is -2.61. The Morgan fingerprint density at radius 2 is 2.19 bits per heavy atom. The van der Waals surface area contributed by atoms with Gasteiger partial charge in [-0.3, -0.25) is 14.6 Å². The molecule has 0 aromatic heterocycles.